The van der Waals surface area contributed by atoms with Crippen LogP contribution in [0.2, 0.25) is 0 Å². The maximum Gasteiger partial charge on any atom is 0.330 e. The summed E-state index contributed by atoms with van der Waals surface area (Å²) in [6.45, 7) is 3.64. The summed E-state index contributed by atoms with van der Waals surface area (Å²) in [6, 6.07) is 7.89. The third kappa shape index (κ3) is 2.35. The number of fused-ring (bicyclic) bond motifs is 1. The normalized spacial score (nSPS) is 11.2. The first kappa shape index (κ1) is 14.3. The van der Waals surface area contributed by atoms with Gasteiger partial charge in [-0.1, -0.05) is 24.3 Å². The van der Waals surface area contributed by atoms with Gasteiger partial charge in [-0.05, 0) is 12.5 Å². The molecule has 3 aromatic rings. The summed E-state index contributed by atoms with van der Waals surface area (Å²) in [6.07, 6.45) is 1.59. The van der Waals surface area contributed by atoms with E-state index >= 15 is 0 Å². The lowest BCUT2D eigenvalue weighted by molar-refractivity contribution is -0.386. The van der Waals surface area contributed by atoms with Crippen molar-refractivity contribution in [2.45, 2.75) is 26.6 Å². The zero-order chi connectivity index (χ0) is 15.7. The van der Waals surface area contributed by atoms with E-state index in [0.29, 0.717) is 24.3 Å². The van der Waals surface area contributed by atoms with E-state index in [1.807, 2.05) is 31.2 Å². The summed E-state index contributed by atoms with van der Waals surface area (Å²) in [5, 5.41) is 0. The lowest BCUT2D eigenvalue weighted by atomic mass is 10.1. The molecule has 0 amide bonds. The van der Waals surface area contributed by atoms with Crippen molar-refractivity contribution in [3.8, 4) is 0 Å². The van der Waals surface area contributed by atoms with Crippen LogP contribution < -0.4 is 17.0 Å². The zero-order valence-electron chi connectivity index (χ0n) is 12.4. The number of nitrogens with zero attached hydrogens (tertiary/aromatic N) is 3. The van der Waals surface area contributed by atoms with Gasteiger partial charge in [0.25, 0.3) is 5.56 Å². The average molecular weight is 300 g/mol. The van der Waals surface area contributed by atoms with Crippen molar-refractivity contribution < 1.29 is 5.73 Å². The smallest absolute Gasteiger partial charge is 0.330 e. The van der Waals surface area contributed by atoms with Crippen LogP contribution in [0.25, 0.3) is 11.2 Å². The van der Waals surface area contributed by atoms with Gasteiger partial charge in [-0.25, -0.2) is 9.78 Å². The Morgan fingerprint density at radius 3 is 2.50 bits per heavy atom. The molecule has 0 spiro atoms. The maximum atomic E-state index is 12.1. The first-order valence-corrected chi connectivity index (χ1v) is 7.19. The number of imidazole rings is 1. The Bertz CT molecular complexity index is 918. The predicted octanol–water partition coefficient (Wildman–Crippen LogP) is -0.304. The minimum atomic E-state index is -0.444. The van der Waals surface area contributed by atoms with Crippen molar-refractivity contribution in [1.82, 2.24) is 19.1 Å². The highest BCUT2D eigenvalue weighted by molar-refractivity contribution is 5.69. The van der Waals surface area contributed by atoms with E-state index in [2.05, 4.69) is 15.7 Å². The summed E-state index contributed by atoms with van der Waals surface area (Å²) in [7, 11) is 0. The van der Waals surface area contributed by atoms with Crippen molar-refractivity contribution in [2.24, 2.45) is 0 Å². The topological polar surface area (TPSA) is 100 Å². The number of nitrogens with one attached hydrogen (secondary N) is 1. The molecule has 0 saturated carbocycles. The zero-order valence-corrected chi connectivity index (χ0v) is 12.4. The van der Waals surface area contributed by atoms with Crippen LogP contribution in [-0.4, -0.2) is 19.1 Å². The van der Waals surface area contributed by atoms with Gasteiger partial charge in [0.2, 0.25) is 0 Å². The summed E-state index contributed by atoms with van der Waals surface area (Å²) in [5.41, 5.74) is 5.94. The standard InChI is InChI=1S/C15H17N5O2/c1-2-19-9-17-13-12(19)14(21)18-15(22)20(13)8-11-5-3-10(7-16)4-6-11/h3-6,9H,2,7-8,16H2,1H3,(H,18,21,22)/p+1. The highest BCUT2D eigenvalue weighted by atomic mass is 16.2. The lowest BCUT2D eigenvalue weighted by Crippen LogP contribution is -2.47. The van der Waals surface area contributed by atoms with Crippen LogP contribution in [0.1, 0.15) is 18.1 Å². The van der Waals surface area contributed by atoms with E-state index in [4.69, 9.17) is 0 Å². The van der Waals surface area contributed by atoms with Gasteiger partial charge in [0.1, 0.15) is 0 Å². The Morgan fingerprint density at radius 1 is 1.18 bits per heavy atom. The Hall–Kier alpha value is -2.67. The van der Waals surface area contributed by atoms with E-state index in [9.17, 15) is 9.59 Å². The summed E-state index contributed by atoms with van der Waals surface area (Å²) < 4.78 is 3.22. The second kappa shape index (κ2) is 5.61. The van der Waals surface area contributed by atoms with Crippen molar-refractivity contribution in [2.75, 3.05) is 0 Å². The van der Waals surface area contributed by atoms with E-state index in [1.54, 1.807) is 10.9 Å². The van der Waals surface area contributed by atoms with Crippen LogP contribution in [0.4, 0.5) is 0 Å². The van der Waals surface area contributed by atoms with Gasteiger partial charge in [0, 0.05) is 12.1 Å². The van der Waals surface area contributed by atoms with Gasteiger partial charge in [0.05, 0.1) is 19.4 Å². The van der Waals surface area contributed by atoms with Gasteiger partial charge < -0.3 is 10.3 Å². The number of benzene rings is 1. The van der Waals surface area contributed by atoms with Gasteiger partial charge in [-0.2, -0.15) is 0 Å². The van der Waals surface area contributed by atoms with Crippen molar-refractivity contribution in [1.29, 1.82) is 0 Å². The molecule has 22 heavy (non-hydrogen) atoms. The Morgan fingerprint density at radius 2 is 1.86 bits per heavy atom. The molecule has 0 atom stereocenters. The molecule has 7 nitrogen and oxygen atoms in total. The van der Waals surface area contributed by atoms with Crippen molar-refractivity contribution >= 4 is 11.2 Å². The molecule has 3 rings (SSSR count). The Labute approximate surface area is 126 Å². The molecule has 114 valence electrons. The summed E-state index contributed by atoms with van der Waals surface area (Å²) in [4.78, 5) is 30.7. The van der Waals surface area contributed by atoms with Crippen molar-refractivity contribution in [3.63, 3.8) is 0 Å². The lowest BCUT2D eigenvalue weighted by Gasteiger charge is -2.07. The fourth-order valence-electron chi connectivity index (χ4n) is 2.50. The molecule has 4 N–H and O–H groups in total. The number of rotatable bonds is 4. The molecule has 0 aliphatic heterocycles. The van der Waals surface area contributed by atoms with E-state index in [1.165, 1.54) is 4.57 Å². The van der Waals surface area contributed by atoms with Crippen LogP contribution in [0, 0.1) is 0 Å². The molecule has 0 aliphatic carbocycles. The molecule has 2 heterocycles. The van der Waals surface area contributed by atoms with Gasteiger partial charge in [-0.15, -0.1) is 0 Å². The number of hydrogen-bond acceptors (Lipinski definition) is 3. The Balaban J connectivity index is 2.11. The fourth-order valence-corrected chi connectivity index (χ4v) is 2.50. The van der Waals surface area contributed by atoms with Crippen LogP contribution in [0.15, 0.2) is 40.2 Å². The van der Waals surface area contributed by atoms with Gasteiger partial charge in [0.15, 0.2) is 11.2 Å². The molecule has 0 saturated heterocycles. The van der Waals surface area contributed by atoms with Gasteiger partial charge in [-0.3, -0.25) is 14.3 Å². The van der Waals surface area contributed by atoms with Crippen molar-refractivity contribution in [3.05, 3.63) is 62.6 Å². The largest absolute Gasteiger partial charge is 0.354 e. The number of aromatic nitrogens is 4. The third-order valence-electron chi connectivity index (χ3n) is 3.75. The van der Waals surface area contributed by atoms with Crippen LogP contribution in [-0.2, 0) is 19.6 Å². The second-order valence-electron chi connectivity index (χ2n) is 5.11. The minimum absolute atomic E-state index is 0.365. The number of H-pyrrole nitrogens is 1. The molecule has 7 heteroatoms. The molecule has 0 aliphatic rings. The summed E-state index contributed by atoms with van der Waals surface area (Å²) in [5.74, 6) is 0. The van der Waals surface area contributed by atoms with E-state index in [-0.39, 0.29) is 0 Å². The van der Waals surface area contributed by atoms with Crippen LogP contribution in [0.3, 0.4) is 0 Å². The minimum Gasteiger partial charge on any atom is -0.354 e. The monoisotopic (exact) mass is 300 g/mol. The number of quaternary nitrogens is 1. The maximum absolute atomic E-state index is 12.1. The quantitative estimate of drug-likeness (QED) is 0.691. The van der Waals surface area contributed by atoms with Gasteiger partial charge >= 0.3 is 5.69 Å². The summed E-state index contributed by atoms with van der Waals surface area (Å²) >= 11 is 0. The number of aromatic amines is 1. The molecule has 2 aromatic heterocycles. The molecule has 0 radical (unpaired) electrons. The second-order valence-corrected chi connectivity index (χ2v) is 5.11. The first-order valence-electron chi connectivity index (χ1n) is 7.19. The van der Waals surface area contributed by atoms with E-state index in [0.717, 1.165) is 17.7 Å². The SMILES string of the molecule is CCn1cnc2c1c(=O)[nH]c(=O)n2Cc1ccc(C[NH3+])cc1. The molecular formula is C15H18N5O2+. The van der Waals surface area contributed by atoms with Crippen LogP contribution in [0.5, 0.6) is 0 Å². The molecule has 0 fully saturated rings. The molecular weight excluding hydrogens is 282 g/mol. The number of aryl methyl sites for hydroxylation is 1. The fraction of sp³-hybridized carbons (Fsp3) is 0.267. The first-order chi connectivity index (χ1) is 10.6. The van der Waals surface area contributed by atoms with Crippen LogP contribution >= 0.6 is 0 Å². The molecule has 1 aromatic carbocycles. The highest BCUT2D eigenvalue weighted by Gasteiger charge is 2.13. The predicted molar refractivity (Wildman–Crippen MR) is 82.4 cm³/mol. The Kier molecular flexibility index (Phi) is 3.64. The highest BCUT2D eigenvalue weighted by Crippen LogP contribution is 2.09. The molecule has 0 unspecified atom stereocenters. The number of hydrogen-bond donors (Lipinski definition) is 2. The average Bonchev–Trinajstić information content (AvgIpc) is 2.96. The molecule has 0 bridgehead atoms. The third-order valence-corrected chi connectivity index (χ3v) is 3.75. The van der Waals surface area contributed by atoms with E-state index < -0.39 is 11.2 Å².